The van der Waals surface area contributed by atoms with Crippen LogP contribution in [-0.2, 0) is 20.6 Å². The molecular formula is C34H44N2O12. The van der Waals surface area contributed by atoms with Crippen molar-refractivity contribution in [1.29, 1.82) is 0 Å². The number of aliphatic hydroxyl groups is 2. The number of fused-ring (bicyclic) bond motifs is 4. The number of allylic oxidation sites excluding steroid dienone is 1. The molecule has 0 fully saturated rings. The molecule has 1 aromatic carbocycles. The number of nitrogens with zero attached hydrogens (tertiary/aromatic N) is 2. The normalized spacial score (nSPS) is 23.5. The Morgan fingerprint density at radius 2 is 1.85 bits per heavy atom. The van der Waals surface area contributed by atoms with Crippen LogP contribution in [0, 0.1) is 11.8 Å². The van der Waals surface area contributed by atoms with Gasteiger partial charge in [-0.3, -0.25) is 14.5 Å². The fourth-order valence-corrected chi connectivity index (χ4v) is 7.11. The van der Waals surface area contributed by atoms with Gasteiger partial charge in [0, 0.05) is 31.3 Å². The van der Waals surface area contributed by atoms with Gasteiger partial charge in [0.25, 0.3) is 5.88 Å². The van der Waals surface area contributed by atoms with Crippen LogP contribution in [-0.4, -0.2) is 91.2 Å². The summed E-state index contributed by atoms with van der Waals surface area (Å²) in [6.45, 7) is 7.24. The fourth-order valence-electron chi connectivity index (χ4n) is 7.11. The highest BCUT2D eigenvalue weighted by molar-refractivity contribution is 6.16. The van der Waals surface area contributed by atoms with Crippen LogP contribution in [0.3, 0.4) is 0 Å². The van der Waals surface area contributed by atoms with Crippen molar-refractivity contribution in [2.24, 2.45) is 11.8 Å². The number of carbonyl (C=O) groups excluding carboxylic acids is 3. The van der Waals surface area contributed by atoms with Crippen molar-refractivity contribution >= 4 is 17.7 Å². The van der Waals surface area contributed by atoms with Crippen LogP contribution >= 0.6 is 0 Å². The number of hydrogen-bond acceptors (Lipinski definition) is 14. The second-order valence-corrected chi connectivity index (χ2v) is 13.5. The molecule has 2 aromatic rings. The fraction of sp³-hybridized carbons (Fsp3) is 0.588. The molecule has 0 saturated carbocycles. The maximum Gasteiger partial charge on any atom is 0.514 e. The summed E-state index contributed by atoms with van der Waals surface area (Å²) in [6.07, 6.45) is -0.306. The lowest BCUT2D eigenvalue weighted by atomic mass is 9.58. The number of aromatic nitrogens is 1. The first kappa shape index (κ1) is 35.3. The number of benzene rings is 1. The molecule has 3 aliphatic carbocycles. The smallest absolute Gasteiger partial charge is 0.508 e. The van der Waals surface area contributed by atoms with E-state index >= 15 is 0 Å². The van der Waals surface area contributed by atoms with Gasteiger partial charge >= 0.3 is 6.16 Å². The Hall–Kier alpha value is -3.98. The zero-order valence-electron chi connectivity index (χ0n) is 28.8. The predicted octanol–water partition coefficient (Wildman–Crippen LogP) is 4.88. The third kappa shape index (κ3) is 5.74. The van der Waals surface area contributed by atoms with Crippen molar-refractivity contribution in [2.45, 2.75) is 76.9 Å². The summed E-state index contributed by atoms with van der Waals surface area (Å²) in [7, 11) is 7.79. The summed E-state index contributed by atoms with van der Waals surface area (Å²) < 4.78 is 39.2. The molecule has 0 amide bonds. The van der Waals surface area contributed by atoms with Gasteiger partial charge in [0.15, 0.2) is 23.4 Å². The van der Waals surface area contributed by atoms with E-state index < -0.39 is 58.9 Å². The number of carbonyl (C=O) groups is 3. The van der Waals surface area contributed by atoms with E-state index in [-0.39, 0.29) is 59.3 Å². The number of hydrogen-bond donors (Lipinski definition) is 2. The van der Waals surface area contributed by atoms with Gasteiger partial charge in [-0.15, -0.1) is 0 Å². The Labute approximate surface area is 278 Å². The molecule has 5 rings (SSSR count). The van der Waals surface area contributed by atoms with Crippen LogP contribution in [0.15, 0.2) is 21.9 Å². The lowest BCUT2D eigenvalue weighted by Crippen LogP contribution is -2.59. The maximum atomic E-state index is 14.6. The van der Waals surface area contributed by atoms with E-state index in [4.69, 9.17) is 32.9 Å². The summed E-state index contributed by atoms with van der Waals surface area (Å²) in [4.78, 5) is 43.5. The van der Waals surface area contributed by atoms with Crippen molar-refractivity contribution in [1.82, 2.24) is 10.1 Å². The summed E-state index contributed by atoms with van der Waals surface area (Å²) in [6, 6.07) is 0.664. The molecule has 3 aliphatic rings. The monoisotopic (exact) mass is 672 g/mol. The van der Waals surface area contributed by atoms with Crippen LogP contribution in [0.4, 0.5) is 4.79 Å². The van der Waals surface area contributed by atoms with E-state index in [9.17, 15) is 24.6 Å². The zero-order chi connectivity index (χ0) is 35.3. The quantitative estimate of drug-likeness (QED) is 0.151. The minimum absolute atomic E-state index is 0.0803. The molecule has 0 unspecified atom stereocenters. The van der Waals surface area contributed by atoms with Crippen molar-refractivity contribution in [2.75, 3.05) is 42.0 Å². The Morgan fingerprint density at radius 3 is 2.44 bits per heavy atom. The number of methoxy groups -OCH3 is 3. The molecule has 0 bridgehead atoms. The molecule has 1 heterocycles. The Morgan fingerprint density at radius 1 is 1.17 bits per heavy atom. The molecule has 14 heteroatoms. The summed E-state index contributed by atoms with van der Waals surface area (Å²) in [5, 5.41) is 28.3. The maximum absolute atomic E-state index is 14.6. The number of unbranched alkanes of at least 4 members (excludes halogenated alkanes) is 1. The molecular weight excluding hydrogens is 628 g/mol. The molecule has 0 saturated heterocycles. The van der Waals surface area contributed by atoms with Crippen molar-refractivity contribution in [3.8, 4) is 17.4 Å². The van der Waals surface area contributed by atoms with E-state index in [1.54, 1.807) is 39.8 Å². The number of aliphatic hydroxyl groups excluding tert-OH is 1. The standard InChI is InChI=1S/C34H44N2O12/c1-10-11-12-45-30-23-27(48-35-30)24(36(5)6)19-14-16-13-17-22(25(37)21(16)28(38)34(19,41)29(23)39)20(46-32(40)47-33(2,3)4)15-18(26(17)42-7)31(43-8)44-9/h15-16,19,24,31,38,41H,10-14H2,1-9H3/t16-,19-,24-,34-/m0/s1. The Balaban J connectivity index is 1.70. The van der Waals surface area contributed by atoms with Gasteiger partial charge in [-0.1, -0.05) is 13.3 Å². The van der Waals surface area contributed by atoms with E-state index in [0.29, 0.717) is 17.5 Å². The summed E-state index contributed by atoms with van der Waals surface area (Å²) in [5.41, 5.74) is -3.03. The Kier molecular flexibility index (Phi) is 9.67. The number of ketones is 2. The SMILES string of the molecule is CCCCOc1noc2c1C(=O)[C@@]1(O)C(O)=C3C(=O)c4c(OC(=O)OC(C)(C)C)cc(C(OC)OC)c(OC)c4C[C@H]3C[C@H]1[C@@H]2N(C)C. The number of rotatable bonds is 10. The van der Waals surface area contributed by atoms with Gasteiger partial charge in [0.1, 0.15) is 28.4 Å². The first-order valence-corrected chi connectivity index (χ1v) is 15.9. The molecule has 262 valence electrons. The number of Topliss-reactive ketones (excluding diaryl/α,β-unsaturated/α-hetero) is 2. The molecule has 1 aromatic heterocycles. The molecule has 4 atom stereocenters. The zero-order valence-corrected chi connectivity index (χ0v) is 28.8. The number of ether oxygens (including phenoxy) is 6. The third-order valence-electron chi connectivity index (χ3n) is 9.06. The van der Waals surface area contributed by atoms with E-state index in [2.05, 4.69) is 5.16 Å². The van der Waals surface area contributed by atoms with Gasteiger partial charge in [0.2, 0.25) is 5.78 Å². The van der Waals surface area contributed by atoms with Crippen LogP contribution in [0.2, 0.25) is 0 Å². The highest BCUT2D eigenvalue weighted by Crippen LogP contribution is 2.57. The molecule has 0 aliphatic heterocycles. The van der Waals surface area contributed by atoms with Crippen molar-refractivity contribution < 1.29 is 57.5 Å². The second-order valence-electron chi connectivity index (χ2n) is 13.5. The largest absolute Gasteiger partial charge is 0.514 e. The average Bonchev–Trinajstić information content (AvgIpc) is 3.41. The highest BCUT2D eigenvalue weighted by Gasteiger charge is 2.64. The van der Waals surface area contributed by atoms with Gasteiger partial charge in [0.05, 0.1) is 30.9 Å². The van der Waals surface area contributed by atoms with E-state index in [1.807, 2.05) is 6.92 Å². The highest BCUT2D eigenvalue weighted by atomic mass is 16.7. The van der Waals surface area contributed by atoms with Gasteiger partial charge < -0.3 is 43.2 Å². The Bertz CT molecular complexity index is 1630. The second kappa shape index (κ2) is 13.1. The van der Waals surface area contributed by atoms with Gasteiger partial charge in [-0.2, -0.15) is 0 Å². The minimum atomic E-state index is -2.51. The average molecular weight is 673 g/mol. The topological polar surface area (TPSA) is 176 Å². The first-order chi connectivity index (χ1) is 22.6. The van der Waals surface area contributed by atoms with Crippen molar-refractivity contribution in [3.63, 3.8) is 0 Å². The van der Waals surface area contributed by atoms with Crippen LogP contribution in [0.25, 0.3) is 0 Å². The summed E-state index contributed by atoms with van der Waals surface area (Å²) in [5.74, 6) is -3.83. The molecule has 48 heavy (non-hydrogen) atoms. The lowest BCUT2D eigenvalue weighted by Gasteiger charge is -2.49. The van der Waals surface area contributed by atoms with Crippen molar-refractivity contribution in [3.05, 3.63) is 45.4 Å². The lowest BCUT2D eigenvalue weighted by molar-refractivity contribution is -0.107. The van der Waals surface area contributed by atoms with Gasteiger partial charge in [-0.05, 0) is 71.3 Å². The van der Waals surface area contributed by atoms with Crippen LogP contribution < -0.4 is 14.2 Å². The van der Waals surface area contributed by atoms with Crippen LogP contribution in [0.1, 0.15) is 96.9 Å². The first-order valence-electron chi connectivity index (χ1n) is 15.9. The summed E-state index contributed by atoms with van der Waals surface area (Å²) >= 11 is 0. The molecule has 0 spiro atoms. The van der Waals surface area contributed by atoms with Gasteiger partial charge in [-0.25, -0.2) is 4.79 Å². The molecule has 2 N–H and O–H groups in total. The molecule has 14 nitrogen and oxygen atoms in total. The van der Waals surface area contributed by atoms with Crippen LogP contribution in [0.5, 0.6) is 17.4 Å². The minimum Gasteiger partial charge on any atom is -0.508 e. The molecule has 0 radical (unpaired) electrons. The van der Waals surface area contributed by atoms with E-state index in [1.165, 1.54) is 27.4 Å². The third-order valence-corrected chi connectivity index (χ3v) is 9.06. The predicted molar refractivity (Wildman–Crippen MR) is 169 cm³/mol. The van der Waals surface area contributed by atoms with E-state index in [0.717, 1.165) is 6.42 Å².